The Hall–Kier alpha value is -3.17. The number of rotatable bonds is 5. The SMILES string of the molecule is CCC(=O)C1C(=O)CC(c2cc([N+](=O)[O-])c(O)c([N+](=O)[O-])c2)CC1=O. The molecular weight excluding hydrogens is 336 g/mol. The molecule has 10 heteroatoms. The summed E-state index contributed by atoms with van der Waals surface area (Å²) in [6.07, 6.45) is -0.439. The normalized spacial score (nSPS) is 20.4. The Balaban J connectivity index is 2.45. The average Bonchev–Trinajstić information content (AvgIpc) is 2.53. The second-order valence-electron chi connectivity index (χ2n) is 5.71. The number of Topliss-reactive ketones (excluding diaryl/α,β-unsaturated/α-hetero) is 3. The van der Waals surface area contributed by atoms with E-state index in [1.165, 1.54) is 6.92 Å². The van der Waals surface area contributed by atoms with Gasteiger partial charge in [-0.2, -0.15) is 0 Å². The topological polar surface area (TPSA) is 158 Å². The van der Waals surface area contributed by atoms with E-state index in [2.05, 4.69) is 0 Å². The third kappa shape index (κ3) is 3.37. The fourth-order valence-corrected chi connectivity index (χ4v) is 2.91. The summed E-state index contributed by atoms with van der Waals surface area (Å²) in [4.78, 5) is 56.0. The number of aromatic hydroxyl groups is 1. The van der Waals surface area contributed by atoms with E-state index in [0.717, 1.165) is 12.1 Å². The first-order valence-corrected chi connectivity index (χ1v) is 7.41. The molecule has 1 aliphatic carbocycles. The van der Waals surface area contributed by atoms with Crippen molar-refractivity contribution < 1.29 is 29.3 Å². The van der Waals surface area contributed by atoms with Crippen LogP contribution in [0.5, 0.6) is 5.75 Å². The average molecular weight is 350 g/mol. The van der Waals surface area contributed by atoms with Gasteiger partial charge in [0.2, 0.25) is 0 Å². The van der Waals surface area contributed by atoms with Gasteiger partial charge in [0.05, 0.1) is 9.85 Å². The minimum atomic E-state index is -1.33. The molecule has 1 aromatic carbocycles. The summed E-state index contributed by atoms with van der Waals surface area (Å²) in [5.41, 5.74) is -1.73. The molecule has 25 heavy (non-hydrogen) atoms. The number of nitro groups is 2. The predicted molar refractivity (Wildman–Crippen MR) is 82.2 cm³/mol. The van der Waals surface area contributed by atoms with Crippen molar-refractivity contribution in [3.8, 4) is 5.75 Å². The molecule has 0 atom stereocenters. The van der Waals surface area contributed by atoms with E-state index in [4.69, 9.17) is 0 Å². The Morgan fingerprint density at radius 3 is 1.92 bits per heavy atom. The lowest BCUT2D eigenvalue weighted by molar-refractivity contribution is -0.396. The number of ketones is 3. The fraction of sp³-hybridized carbons (Fsp3) is 0.400. The Morgan fingerprint density at radius 2 is 1.56 bits per heavy atom. The third-order valence-electron chi connectivity index (χ3n) is 4.17. The molecule has 1 saturated carbocycles. The molecule has 132 valence electrons. The molecule has 0 aliphatic heterocycles. The molecule has 1 aliphatic rings. The summed E-state index contributed by atoms with van der Waals surface area (Å²) in [6, 6.07) is 1.82. The van der Waals surface area contributed by atoms with Gasteiger partial charge >= 0.3 is 11.4 Å². The van der Waals surface area contributed by atoms with Crippen LogP contribution in [-0.2, 0) is 14.4 Å². The van der Waals surface area contributed by atoms with Crippen molar-refractivity contribution in [2.45, 2.75) is 32.1 Å². The van der Waals surface area contributed by atoms with Crippen LogP contribution in [0.15, 0.2) is 12.1 Å². The molecular formula is C15H14N2O8. The molecule has 0 unspecified atom stereocenters. The first-order valence-electron chi connectivity index (χ1n) is 7.41. The molecule has 2 rings (SSSR count). The van der Waals surface area contributed by atoms with Crippen LogP contribution in [0.3, 0.4) is 0 Å². The number of phenolic OH excluding ortho intramolecular Hbond substituents is 1. The third-order valence-corrected chi connectivity index (χ3v) is 4.17. The fourth-order valence-electron chi connectivity index (χ4n) is 2.91. The summed E-state index contributed by atoms with van der Waals surface area (Å²) in [5.74, 6) is -4.94. The lowest BCUT2D eigenvalue weighted by atomic mass is 9.75. The number of phenols is 1. The smallest absolute Gasteiger partial charge is 0.318 e. The molecule has 0 spiro atoms. The summed E-state index contributed by atoms with van der Waals surface area (Å²) >= 11 is 0. The van der Waals surface area contributed by atoms with E-state index in [-0.39, 0.29) is 24.8 Å². The predicted octanol–water partition coefficient (Wildman–Crippen LogP) is 1.82. The van der Waals surface area contributed by atoms with Crippen LogP contribution < -0.4 is 0 Å². The van der Waals surface area contributed by atoms with E-state index < -0.39 is 56.2 Å². The molecule has 0 bridgehead atoms. The maximum Gasteiger partial charge on any atom is 0.318 e. The van der Waals surface area contributed by atoms with Crippen LogP contribution >= 0.6 is 0 Å². The Labute approximate surface area is 140 Å². The second-order valence-corrected chi connectivity index (χ2v) is 5.71. The number of nitro benzene ring substituents is 2. The van der Waals surface area contributed by atoms with Gasteiger partial charge < -0.3 is 5.11 Å². The van der Waals surface area contributed by atoms with Gasteiger partial charge in [-0.3, -0.25) is 34.6 Å². The van der Waals surface area contributed by atoms with E-state index in [0.29, 0.717) is 0 Å². The largest absolute Gasteiger partial charge is 0.497 e. The minimum absolute atomic E-state index is 0.0281. The Kier molecular flexibility index (Phi) is 4.91. The van der Waals surface area contributed by atoms with Gasteiger partial charge in [-0.15, -0.1) is 0 Å². The van der Waals surface area contributed by atoms with Crippen LogP contribution in [-0.4, -0.2) is 32.3 Å². The summed E-state index contributed by atoms with van der Waals surface area (Å²) in [6.45, 7) is 1.53. The highest BCUT2D eigenvalue weighted by atomic mass is 16.6. The van der Waals surface area contributed by atoms with Crippen LogP contribution in [0.2, 0.25) is 0 Å². The van der Waals surface area contributed by atoms with Crippen LogP contribution in [0, 0.1) is 26.1 Å². The molecule has 1 aromatic rings. The van der Waals surface area contributed by atoms with Gasteiger partial charge in [0.15, 0.2) is 17.3 Å². The number of benzene rings is 1. The zero-order valence-electron chi connectivity index (χ0n) is 13.1. The first kappa shape index (κ1) is 18.2. The second kappa shape index (κ2) is 6.75. The van der Waals surface area contributed by atoms with Gasteiger partial charge in [0, 0.05) is 31.4 Å². The maximum atomic E-state index is 12.1. The van der Waals surface area contributed by atoms with E-state index in [1.54, 1.807) is 0 Å². The van der Waals surface area contributed by atoms with Crippen LogP contribution in [0.1, 0.15) is 37.7 Å². The maximum absolute atomic E-state index is 12.1. The van der Waals surface area contributed by atoms with Crippen molar-refractivity contribution in [2.24, 2.45) is 5.92 Å². The van der Waals surface area contributed by atoms with Crippen molar-refractivity contribution in [2.75, 3.05) is 0 Å². The van der Waals surface area contributed by atoms with E-state index in [9.17, 15) is 39.7 Å². The first-order chi connectivity index (χ1) is 11.7. The monoisotopic (exact) mass is 350 g/mol. The lowest BCUT2D eigenvalue weighted by Crippen LogP contribution is -2.37. The standard InChI is InChI=1S/C15H14N2O8/c1-2-11(18)14-12(19)5-8(6-13(14)20)7-3-9(16(22)23)15(21)10(4-7)17(24)25/h3-4,8,14,21H,2,5-6H2,1H3. The van der Waals surface area contributed by atoms with E-state index in [1.807, 2.05) is 0 Å². The summed E-state index contributed by atoms with van der Waals surface area (Å²) in [7, 11) is 0. The van der Waals surface area contributed by atoms with Crippen molar-refractivity contribution in [3.63, 3.8) is 0 Å². The molecule has 10 nitrogen and oxygen atoms in total. The molecule has 0 saturated heterocycles. The van der Waals surface area contributed by atoms with Crippen LogP contribution in [0.25, 0.3) is 0 Å². The number of hydrogen-bond donors (Lipinski definition) is 1. The summed E-state index contributed by atoms with van der Waals surface area (Å²) in [5, 5.41) is 31.6. The molecule has 0 heterocycles. The molecule has 0 aromatic heterocycles. The zero-order chi connectivity index (χ0) is 18.9. The van der Waals surface area contributed by atoms with Gasteiger partial charge in [0.1, 0.15) is 5.92 Å². The van der Waals surface area contributed by atoms with E-state index >= 15 is 0 Å². The zero-order valence-corrected chi connectivity index (χ0v) is 13.1. The van der Waals surface area contributed by atoms with Crippen LogP contribution in [0.4, 0.5) is 11.4 Å². The van der Waals surface area contributed by atoms with Crippen molar-refractivity contribution in [1.82, 2.24) is 0 Å². The lowest BCUT2D eigenvalue weighted by Gasteiger charge is -2.25. The van der Waals surface area contributed by atoms with Gasteiger partial charge in [-0.05, 0) is 11.5 Å². The van der Waals surface area contributed by atoms with Crippen molar-refractivity contribution in [3.05, 3.63) is 37.9 Å². The van der Waals surface area contributed by atoms with Crippen molar-refractivity contribution in [1.29, 1.82) is 0 Å². The Bertz CT molecular complexity index is 748. The highest BCUT2D eigenvalue weighted by Crippen LogP contribution is 2.41. The highest BCUT2D eigenvalue weighted by molar-refractivity contribution is 6.20. The summed E-state index contributed by atoms with van der Waals surface area (Å²) < 4.78 is 0. The molecule has 1 fully saturated rings. The van der Waals surface area contributed by atoms with Gasteiger partial charge in [-0.1, -0.05) is 6.92 Å². The van der Waals surface area contributed by atoms with Crippen molar-refractivity contribution >= 4 is 28.7 Å². The number of carbonyl (C=O) groups is 3. The minimum Gasteiger partial charge on any atom is -0.497 e. The van der Waals surface area contributed by atoms with Gasteiger partial charge in [0.25, 0.3) is 5.75 Å². The molecule has 0 radical (unpaired) electrons. The molecule has 1 N–H and O–H groups in total. The number of hydrogen-bond acceptors (Lipinski definition) is 8. The quantitative estimate of drug-likeness (QED) is 0.478. The number of carbonyl (C=O) groups excluding carboxylic acids is 3. The van der Waals surface area contributed by atoms with Gasteiger partial charge in [-0.25, -0.2) is 0 Å². The molecule has 0 amide bonds. The highest BCUT2D eigenvalue weighted by Gasteiger charge is 2.40. The Morgan fingerprint density at radius 1 is 1.12 bits per heavy atom. The number of nitrogens with zero attached hydrogens (tertiary/aromatic N) is 2.